The fourth-order valence-corrected chi connectivity index (χ4v) is 3.87. The van der Waals surface area contributed by atoms with E-state index >= 15 is 0 Å². The third kappa shape index (κ3) is 5.04. The van der Waals surface area contributed by atoms with Crippen LogP contribution in [-0.4, -0.2) is 75.2 Å². The topological polar surface area (TPSA) is 120 Å². The molecule has 0 radical (unpaired) electrons. The number of nitrogens with one attached hydrogen (secondary N) is 2. The summed E-state index contributed by atoms with van der Waals surface area (Å²) in [4.78, 5) is 27.0. The maximum absolute atomic E-state index is 12.9. The van der Waals surface area contributed by atoms with Gasteiger partial charge in [0.05, 0.1) is 24.4 Å². The Labute approximate surface area is 158 Å². The molecule has 2 aliphatic rings. The van der Waals surface area contributed by atoms with E-state index in [0.29, 0.717) is 51.8 Å². The smallest absolute Gasteiger partial charge is 0.273 e. The fourth-order valence-electron chi connectivity index (χ4n) is 3.87. The lowest BCUT2D eigenvalue weighted by atomic mass is 9.82. The largest absolute Gasteiger partial charge is 0.393 e. The van der Waals surface area contributed by atoms with Gasteiger partial charge in [0.25, 0.3) is 5.91 Å². The van der Waals surface area contributed by atoms with Crippen molar-refractivity contribution in [1.82, 2.24) is 25.6 Å². The maximum atomic E-state index is 12.9. The Bertz CT molecular complexity index is 615. The van der Waals surface area contributed by atoms with Crippen molar-refractivity contribution in [3.63, 3.8) is 0 Å². The van der Waals surface area contributed by atoms with Gasteiger partial charge >= 0.3 is 0 Å². The second-order valence-electron chi connectivity index (χ2n) is 7.41. The molecule has 1 aliphatic carbocycles. The number of amides is 2. The molecule has 2 amide bonds. The van der Waals surface area contributed by atoms with Gasteiger partial charge in [-0.05, 0) is 38.5 Å². The van der Waals surface area contributed by atoms with Crippen LogP contribution in [0.1, 0.15) is 55.9 Å². The number of H-pyrrole nitrogens is 1. The Balaban J connectivity index is 1.59. The average Bonchev–Trinajstić information content (AvgIpc) is 3.22. The SMILES string of the molecule is CCCO[C@@H]1C[C@@H](C(=O)N2CCC(O)CC2)CC[C@H]1NC(=O)c1cn[nH]n1. The van der Waals surface area contributed by atoms with Gasteiger partial charge in [0, 0.05) is 25.6 Å². The number of aliphatic hydroxyl groups is 1. The zero-order valence-corrected chi connectivity index (χ0v) is 15.8. The van der Waals surface area contributed by atoms with Crippen LogP contribution in [0.2, 0.25) is 0 Å². The number of carbonyl (C=O) groups excluding carboxylic acids is 2. The van der Waals surface area contributed by atoms with Crippen LogP contribution in [0.5, 0.6) is 0 Å². The highest BCUT2D eigenvalue weighted by molar-refractivity contribution is 5.92. The minimum atomic E-state index is -0.294. The number of aromatic amines is 1. The number of carbonyl (C=O) groups is 2. The van der Waals surface area contributed by atoms with Crippen LogP contribution < -0.4 is 5.32 Å². The number of hydrogen-bond donors (Lipinski definition) is 3. The van der Waals surface area contributed by atoms with Crippen LogP contribution in [0.15, 0.2) is 6.20 Å². The number of aromatic nitrogens is 3. The Morgan fingerprint density at radius 1 is 1.33 bits per heavy atom. The predicted octanol–water partition coefficient (Wildman–Crippen LogP) is 0.482. The van der Waals surface area contributed by atoms with E-state index in [9.17, 15) is 14.7 Å². The summed E-state index contributed by atoms with van der Waals surface area (Å²) in [6.07, 6.45) is 5.06. The molecule has 1 aromatic heterocycles. The molecule has 9 heteroatoms. The van der Waals surface area contributed by atoms with Crippen LogP contribution in [0, 0.1) is 5.92 Å². The molecular formula is C18H29N5O4. The first-order valence-corrected chi connectivity index (χ1v) is 9.83. The fraction of sp³-hybridized carbons (Fsp3) is 0.778. The van der Waals surface area contributed by atoms with Crippen LogP contribution in [0.3, 0.4) is 0 Å². The number of nitrogens with zero attached hydrogens (tertiary/aromatic N) is 3. The highest BCUT2D eigenvalue weighted by Gasteiger charge is 2.37. The zero-order chi connectivity index (χ0) is 19.2. The predicted molar refractivity (Wildman–Crippen MR) is 96.8 cm³/mol. The molecule has 3 N–H and O–H groups in total. The first-order chi connectivity index (χ1) is 13.1. The summed E-state index contributed by atoms with van der Waals surface area (Å²) in [6.45, 7) is 3.86. The van der Waals surface area contributed by atoms with Gasteiger partial charge < -0.3 is 20.1 Å². The molecule has 150 valence electrons. The molecule has 2 heterocycles. The third-order valence-electron chi connectivity index (χ3n) is 5.42. The molecule has 27 heavy (non-hydrogen) atoms. The number of likely N-dealkylation sites (tertiary alicyclic amines) is 1. The summed E-state index contributed by atoms with van der Waals surface area (Å²) < 4.78 is 5.98. The van der Waals surface area contributed by atoms with Crippen molar-refractivity contribution >= 4 is 11.8 Å². The number of ether oxygens (including phenoxy) is 1. The van der Waals surface area contributed by atoms with Gasteiger partial charge in [0.1, 0.15) is 0 Å². The average molecular weight is 379 g/mol. The van der Waals surface area contributed by atoms with Gasteiger partial charge in [-0.3, -0.25) is 9.59 Å². The van der Waals surface area contributed by atoms with Gasteiger partial charge in [0.2, 0.25) is 5.91 Å². The summed E-state index contributed by atoms with van der Waals surface area (Å²) in [5, 5.41) is 22.5. The maximum Gasteiger partial charge on any atom is 0.273 e. The standard InChI is InChI=1S/C18H29N5O4/c1-2-9-27-16-10-12(18(26)23-7-5-13(24)6-8-23)3-4-14(16)20-17(25)15-11-19-22-21-15/h11-14,16,24H,2-10H2,1H3,(H,20,25)(H,19,21,22)/t12-,14+,16+/m0/s1. The molecule has 1 saturated carbocycles. The van der Waals surface area contributed by atoms with Crippen molar-refractivity contribution in [3.05, 3.63) is 11.9 Å². The van der Waals surface area contributed by atoms with E-state index < -0.39 is 0 Å². The first kappa shape index (κ1) is 19.8. The van der Waals surface area contributed by atoms with Gasteiger partial charge in [-0.1, -0.05) is 6.92 Å². The highest BCUT2D eigenvalue weighted by atomic mass is 16.5. The van der Waals surface area contributed by atoms with Crippen LogP contribution in [0.25, 0.3) is 0 Å². The first-order valence-electron chi connectivity index (χ1n) is 9.83. The minimum absolute atomic E-state index is 0.0951. The lowest BCUT2D eigenvalue weighted by molar-refractivity contribution is -0.141. The second-order valence-corrected chi connectivity index (χ2v) is 7.41. The molecule has 0 spiro atoms. The molecule has 1 saturated heterocycles. The van der Waals surface area contributed by atoms with E-state index in [-0.39, 0.29) is 41.7 Å². The van der Waals surface area contributed by atoms with Crippen molar-refractivity contribution < 1.29 is 19.4 Å². The van der Waals surface area contributed by atoms with E-state index in [2.05, 4.69) is 20.7 Å². The van der Waals surface area contributed by atoms with E-state index in [1.54, 1.807) is 0 Å². The van der Waals surface area contributed by atoms with Crippen molar-refractivity contribution in [2.45, 2.75) is 63.7 Å². The van der Waals surface area contributed by atoms with Gasteiger partial charge in [-0.15, -0.1) is 0 Å². The third-order valence-corrected chi connectivity index (χ3v) is 5.42. The molecule has 9 nitrogen and oxygen atoms in total. The Morgan fingerprint density at radius 3 is 2.78 bits per heavy atom. The number of hydrogen-bond acceptors (Lipinski definition) is 6. The number of rotatable bonds is 6. The van der Waals surface area contributed by atoms with E-state index in [1.165, 1.54) is 6.20 Å². The second kappa shape index (κ2) is 9.27. The summed E-state index contributed by atoms with van der Waals surface area (Å²) in [5.74, 6) is -0.232. The Morgan fingerprint density at radius 2 is 2.11 bits per heavy atom. The van der Waals surface area contributed by atoms with Crippen molar-refractivity contribution in [2.24, 2.45) is 5.92 Å². The lowest BCUT2D eigenvalue weighted by Gasteiger charge is -2.39. The normalized spacial score (nSPS) is 26.7. The molecular weight excluding hydrogens is 350 g/mol. The molecule has 0 unspecified atom stereocenters. The molecule has 0 bridgehead atoms. The minimum Gasteiger partial charge on any atom is -0.393 e. The Hall–Kier alpha value is -2.00. The lowest BCUT2D eigenvalue weighted by Crippen LogP contribution is -2.51. The van der Waals surface area contributed by atoms with Crippen LogP contribution in [-0.2, 0) is 9.53 Å². The van der Waals surface area contributed by atoms with Crippen molar-refractivity contribution in [2.75, 3.05) is 19.7 Å². The zero-order valence-electron chi connectivity index (χ0n) is 15.8. The van der Waals surface area contributed by atoms with Crippen LogP contribution in [0.4, 0.5) is 0 Å². The number of piperidine rings is 1. The summed E-state index contributed by atoms with van der Waals surface area (Å²) >= 11 is 0. The molecule has 1 aliphatic heterocycles. The quantitative estimate of drug-likeness (QED) is 0.661. The number of aliphatic hydroxyl groups excluding tert-OH is 1. The van der Waals surface area contributed by atoms with E-state index in [1.807, 2.05) is 11.8 Å². The Kier molecular flexibility index (Phi) is 6.78. The summed E-state index contributed by atoms with van der Waals surface area (Å²) in [5.41, 5.74) is 0.245. The van der Waals surface area contributed by atoms with E-state index in [0.717, 1.165) is 6.42 Å². The van der Waals surface area contributed by atoms with Gasteiger partial charge in [-0.25, -0.2) is 0 Å². The van der Waals surface area contributed by atoms with Gasteiger partial charge in [0.15, 0.2) is 5.69 Å². The molecule has 0 aromatic carbocycles. The highest BCUT2D eigenvalue weighted by Crippen LogP contribution is 2.29. The van der Waals surface area contributed by atoms with Gasteiger partial charge in [-0.2, -0.15) is 15.4 Å². The molecule has 3 rings (SSSR count). The van der Waals surface area contributed by atoms with E-state index in [4.69, 9.17) is 4.74 Å². The molecule has 3 atom stereocenters. The summed E-state index contributed by atoms with van der Waals surface area (Å²) in [6, 6.07) is -0.145. The summed E-state index contributed by atoms with van der Waals surface area (Å²) in [7, 11) is 0. The van der Waals surface area contributed by atoms with Crippen LogP contribution >= 0.6 is 0 Å². The monoisotopic (exact) mass is 379 g/mol. The molecule has 1 aromatic rings. The van der Waals surface area contributed by atoms with Crippen molar-refractivity contribution in [1.29, 1.82) is 0 Å². The van der Waals surface area contributed by atoms with Crippen molar-refractivity contribution in [3.8, 4) is 0 Å². The molecule has 2 fully saturated rings.